The number of aromatic nitrogens is 3. The fourth-order valence-corrected chi connectivity index (χ4v) is 4.23. The molecule has 0 spiro atoms. The standard InChI is InChI=1S/C25H27F3N6O/c1-29-23-32-21(16-7-3-2-4-8-16)33-24(34-23)31-19-13-11-17(12-14-19)22(35)30-15-18-9-5-6-10-20(18)25(26,27)28/h2-10,17,19H,11-15H2,1H3,(H,30,35)(H2,29,31,32,33,34)/t17-,19-. The summed E-state index contributed by atoms with van der Waals surface area (Å²) in [5, 5.41) is 8.99. The van der Waals surface area contributed by atoms with Crippen LogP contribution in [0.2, 0.25) is 0 Å². The summed E-state index contributed by atoms with van der Waals surface area (Å²) in [6.07, 6.45) is -1.76. The number of benzene rings is 2. The number of carbonyl (C=O) groups is 1. The van der Waals surface area contributed by atoms with E-state index in [2.05, 4.69) is 30.9 Å². The molecule has 3 N–H and O–H groups in total. The van der Waals surface area contributed by atoms with Crippen molar-refractivity contribution < 1.29 is 18.0 Å². The Balaban J connectivity index is 1.33. The van der Waals surface area contributed by atoms with E-state index in [0.29, 0.717) is 30.6 Å². The zero-order chi connectivity index (χ0) is 24.8. The molecule has 7 nitrogen and oxygen atoms in total. The zero-order valence-electron chi connectivity index (χ0n) is 19.3. The van der Waals surface area contributed by atoms with Crippen LogP contribution >= 0.6 is 0 Å². The third-order valence-electron chi connectivity index (χ3n) is 6.10. The fraction of sp³-hybridized carbons (Fsp3) is 0.360. The lowest BCUT2D eigenvalue weighted by Crippen LogP contribution is -2.36. The molecule has 184 valence electrons. The highest BCUT2D eigenvalue weighted by atomic mass is 19.4. The summed E-state index contributed by atoms with van der Waals surface area (Å²) in [5.41, 5.74) is 0.219. The van der Waals surface area contributed by atoms with Crippen molar-refractivity contribution in [3.8, 4) is 11.4 Å². The molecule has 0 saturated heterocycles. The predicted octanol–water partition coefficient (Wildman–Crippen LogP) is 4.89. The first-order chi connectivity index (χ1) is 16.8. The number of carbonyl (C=O) groups excluding carboxylic acids is 1. The minimum absolute atomic E-state index is 0.0631. The highest BCUT2D eigenvalue weighted by Crippen LogP contribution is 2.32. The van der Waals surface area contributed by atoms with Crippen LogP contribution in [-0.4, -0.2) is 33.9 Å². The summed E-state index contributed by atoms with van der Waals surface area (Å²) in [7, 11) is 1.74. The van der Waals surface area contributed by atoms with Gasteiger partial charge in [0.15, 0.2) is 5.82 Å². The van der Waals surface area contributed by atoms with Crippen LogP contribution in [-0.2, 0) is 17.5 Å². The number of nitrogens with one attached hydrogen (secondary N) is 3. The lowest BCUT2D eigenvalue weighted by molar-refractivity contribution is -0.138. The molecule has 0 radical (unpaired) electrons. The van der Waals surface area contributed by atoms with Crippen LogP contribution in [0, 0.1) is 5.92 Å². The van der Waals surface area contributed by atoms with Crippen molar-refractivity contribution in [2.45, 2.75) is 44.4 Å². The summed E-state index contributed by atoms with van der Waals surface area (Å²) in [4.78, 5) is 26.0. The van der Waals surface area contributed by atoms with E-state index >= 15 is 0 Å². The highest BCUT2D eigenvalue weighted by Gasteiger charge is 2.33. The first kappa shape index (κ1) is 24.4. The number of nitrogens with zero attached hydrogens (tertiary/aromatic N) is 3. The van der Waals surface area contributed by atoms with Crippen molar-refractivity contribution in [3.63, 3.8) is 0 Å². The molecule has 1 fully saturated rings. The van der Waals surface area contributed by atoms with Gasteiger partial charge in [-0.25, -0.2) is 0 Å². The maximum Gasteiger partial charge on any atom is 0.416 e. The van der Waals surface area contributed by atoms with Crippen molar-refractivity contribution >= 4 is 17.8 Å². The van der Waals surface area contributed by atoms with Gasteiger partial charge in [0.2, 0.25) is 17.8 Å². The Morgan fingerprint density at radius 3 is 2.26 bits per heavy atom. The molecule has 1 saturated carbocycles. The fourth-order valence-electron chi connectivity index (χ4n) is 4.23. The topological polar surface area (TPSA) is 91.8 Å². The number of alkyl halides is 3. The normalized spacial score (nSPS) is 18.1. The highest BCUT2D eigenvalue weighted by molar-refractivity contribution is 5.78. The van der Waals surface area contributed by atoms with E-state index in [0.717, 1.165) is 24.5 Å². The maximum absolute atomic E-state index is 13.2. The number of hydrogen-bond donors (Lipinski definition) is 3. The van der Waals surface area contributed by atoms with Gasteiger partial charge in [-0.2, -0.15) is 28.1 Å². The zero-order valence-corrected chi connectivity index (χ0v) is 19.3. The van der Waals surface area contributed by atoms with E-state index in [1.807, 2.05) is 30.3 Å². The molecule has 2 aromatic carbocycles. The molecular formula is C25H27F3N6O. The van der Waals surface area contributed by atoms with Crippen LogP contribution in [0.4, 0.5) is 25.1 Å². The molecule has 1 aromatic heterocycles. The molecule has 1 heterocycles. The van der Waals surface area contributed by atoms with Crippen LogP contribution in [0.5, 0.6) is 0 Å². The molecule has 0 atom stereocenters. The average Bonchev–Trinajstić information content (AvgIpc) is 2.87. The third-order valence-corrected chi connectivity index (χ3v) is 6.10. The van der Waals surface area contributed by atoms with Crippen molar-refractivity contribution in [2.24, 2.45) is 5.92 Å². The summed E-state index contributed by atoms with van der Waals surface area (Å²) in [6, 6.07) is 15.0. The first-order valence-corrected chi connectivity index (χ1v) is 11.5. The quantitative estimate of drug-likeness (QED) is 0.443. The van der Waals surface area contributed by atoms with Gasteiger partial charge in [0.05, 0.1) is 5.56 Å². The number of halogens is 3. The molecule has 0 unspecified atom stereocenters. The minimum Gasteiger partial charge on any atom is -0.357 e. The SMILES string of the molecule is CNc1nc(N[C@H]2CC[C@H](C(=O)NCc3ccccc3C(F)(F)F)CC2)nc(-c2ccccc2)n1. The van der Waals surface area contributed by atoms with Gasteiger partial charge in [0.25, 0.3) is 0 Å². The molecule has 1 amide bonds. The number of hydrogen-bond acceptors (Lipinski definition) is 6. The smallest absolute Gasteiger partial charge is 0.357 e. The Morgan fingerprint density at radius 1 is 0.914 bits per heavy atom. The van der Waals surface area contributed by atoms with Crippen LogP contribution in [0.1, 0.15) is 36.8 Å². The largest absolute Gasteiger partial charge is 0.416 e. The molecule has 10 heteroatoms. The number of amides is 1. The van der Waals surface area contributed by atoms with Gasteiger partial charge in [-0.1, -0.05) is 48.5 Å². The third kappa shape index (κ3) is 6.26. The molecule has 4 rings (SSSR count). The monoisotopic (exact) mass is 484 g/mol. The minimum atomic E-state index is -4.45. The molecule has 35 heavy (non-hydrogen) atoms. The number of anilines is 2. The van der Waals surface area contributed by atoms with Crippen molar-refractivity contribution in [1.82, 2.24) is 20.3 Å². The maximum atomic E-state index is 13.2. The van der Waals surface area contributed by atoms with Crippen LogP contribution in [0.3, 0.4) is 0 Å². The Morgan fingerprint density at radius 2 is 1.57 bits per heavy atom. The van der Waals surface area contributed by atoms with Gasteiger partial charge in [0, 0.05) is 31.1 Å². The van der Waals surface area contributed by atoms with Gasteiger partial charge in [-0.15, -0.1) is 0 Å². The molecule has 0 aliphatic heterocycles. The van der Waals surface area contributed by atoms with Gasteiger partial charge >= 0.3 is 6.18 Å². The Kier molecular flexibility index (Phi) is 7.48. The van der Waals surface area contributed by atoms with E-state index in [4.69, 9.17) is 0 Å². The Hall–Kier alpha value is -3.69. The van der Waals surface area contributed by atoms with E-state index in [1.54, 1.807) is 7.05 Å². The molecular weight excluding hydrogens is 457 g/mol. The molecule has 3 aromatic rings. The van der Waals surface area contributed by atoms with Crippen molar-refractivity contribution in [1.29, 1.82) is 0 Å². The summed E-state index contributed by atoms with van der Waals surface area (Å²) < 4.78 is 39.5. The predicted molar refractivity (Wildman–Crippen MR) is 127 cm³/mol. The van der Waals surface area contributed by atoms with E-state index < -0.39 is 11.7 Å². The summed E-state index contributed by atoms with van der Waals surface area (Å²) in [5.74, 6) is 1.01. The van der Waals surface area contributed by atoms with Crippen molar-refractivity contribution in [3.05, 3.63) is 65.7 Å². The number of rotatable bonds is 7. The molecule has 1 aliphatic rings. The van der Waals surface area contributed by atoms with Gasteiger partial charge < -0.3 is 16.0 Å². The summed E-state index contributed by atoms with van der Waals surface area (Å²) in [6.45, 7) is -0.146. The van der Waals surface area contributed by atoms with Gasteiger partial charge in [-0.3, -0.25) is 4.79 Å². The van der Waals surface area contributed by atoms with Crippen LogP contribution in [0.25, 0.3) is 11.4 Å². The molecule has 0 bridgehead atoms. The second kappa shape index (κ2) is 10.7. The van der Waals surface area contributed by atoms with E-state index in [9.17, 15) is 18.0 Å². The lowest BCUT2D eigenvalue weighted by atomic mass is 9.85. The lowest BCUT2D eigenvalue weighted by Gasteiger charge is -2.28. The van der Waals surface area contributed by atoms with Gasteiger partial charge in [0.1, 0.15) is 0 Å². The first-order valence-electron chi connectivity index (χ1n) is 11.5. The summed E-state index contributed by atoms with van der Waals surface area (Å²) >= 11 is 0. The second-order valence-electron chi connectivity index (χ2n) is 8.49. The molecule has 1 aliphatic carbocycles. The van der Waals surface area contributed by atoms with Crippen molar-refractivity contribution in [2.75, 3.05) is 17.7 Å². The Bertz CT molecular complexity index is 1150. The van der Waals surface area contributed by atoms with Crippen LogP contribution < -0.4 is 16.0 Å². The second-order valence-corrected chi connectivity index (χ2v) is 8.49. The van der Waals surface area contributed by atoms with E-state index in [1.165, 1.54) is 18.2 Å². The average molecular weight is 485 g/mol. The van der Waals surface area contributed by atoms with Crippen LogP contribution in [0.15, 0.2) is 54.6 Å². The van der Waals surface area contributed by atoms with Gasteiger partial charge in [-0.05, 0) is 37.3 Å². The van der Waals surface area contributed by atoms with E-state index in [-0.39, 0.29) is 30.0 Å². The Labute approximate surface area is 201 Å².